The van der Waals surface area contributed by atoms with Crippen LogP contribution < -0.4 is 4.74 Å². The van der Waals surface area contributed by atoms with Gasteiger partial charge in [-0.1, -0.05) is 18.2 Å². The topological polar surface area (TPSA) is 18.5 Å². The van der Waals surface area contributed by atoms with Gasteiger partial charge < -0.3 is 9.47 Å². The van der Waals surface area contributed by atoms with Gasteiger partial charge in [-0.05, 0) is 17.8 Å². The Morgan fingerprint density at radius 3 is 2.62 bits per heavy atom. The smallest absolute Gasteiger partial charge is 0.188 e. The van der Waals surface area contributed by atoms with Crippen molar-refractivity contribution in [1.82, 2.24) is 0 Å². The third-order valence-corrected chi connectivity index (χ3v) is 1.96. The molecule has 0 amide bonds. The van der Waals surface area contributed by atoms with Crippen LogP contribution >= 0.6 is 21.6 Å². The maximum atomic E-state index is 5.34. The van der Waals surface area contributed by atoms with Crippen LogP contribution in [-0.4, -0.2) is 13.9 Å². The van der Waals surface area contributed by atoms with E-state index in [-0.39, 0.29) is 12.4 Å². The monoisotopic (exact) mass is 220 g/mol. The molecule has 0 radical (unpaired) electrons. The minimum Gasteiger partial charge on any atom is -0.467 e. The van der Waals surface area contributed by atoms with E-state index in [1.165, 1.54) is 5.56 Å². The Kier molecular flexibility index (Phi) is 6.97. The van der Waals surface area contributed by atoms with E-state index >= 15 is 0 Å². The van der Waals surface area contributed by atoms with E-state index in [0.717, 1.165) is 11.9 Å². The summed E-state index contributed by atoms with van der Waals surface area (Å²) in [6.45, 7) is 0.307. The molecule has 74 valence electrons. The number of rotatable bonds is 4. The van der Waals surface area contributed by atoms with Gasteiger partial charge in [-0.3, -0.25) is 0 Å². The molecule has 0 aliphatic heterocycles. The Morgan fingerprint density at radius 2 is 2.00 bits per heavy atom. The second-order valence-corrected chi connectivity index (χ2v) is 2.77. The Labute approximate surface area is 87.2 Å². The lowest BCUT2D eigenvalue weighted by Crippen LogP contribution is -2.00. The number of halogens is 1. The minimum absolute atomic E-state index is 0. The fourth-order valence-electron chi connectivity index (χ4n) is 0.936. The second-order valence-electron chi connectivity index (χ2n) is 2.36. The van der Waals surface area contributed by atoms with Crippen molar-refractivity contribution in [3.05, 3.63) is 29.8 Å². The van der Waals surface area contributed by atoms with Gasteiger partial charge in [0.15, 0.2) is 6.79 Å². The van der Waals surface area contributed by atoms with Crippen molar-refractivity contribution in [3.63, 3.8) is 0 Å². The zero-order valence-electron chi connectivity index (χ0n) is 7.53. The van der Waals surface area contributed by atoms with Gasteiger partial charge in [0, 0.05) is 7.11 Å². The van der Waals surface area contributed by atoms with Gasteiger partial charge in [0.25, 0.3) is 0 Å². The third kappa shape index (κ3) is 3.95. The van der Waals surface area contributed by atoms with E-state index in [2.05, 4.69) is 9.24 Å². The molecule has 0 fully saturated rings. The predicted octanol–water partition coefficient (Wildman–Crippen LogP) is 2.47. The van der Waals surface area contributed by atoms with Crippen LogP contribution in [0.25, 0.3) is 0 Å². The van der Waals surface area contributed by atoms with E-state index in [0.29, 0.717) is 6.79 Å². The van der Waals surface area contributed by atoms with Gasteiger partial charge in [-0.2, -0.15) is 0 Å². The molecule has 0 aromatic heterocycles. The predicted molar refractivity (Wildman–Crippen MR) is 59.6 cm³/mol. The van der Waals surface area contributed by atoms with Crippen LogP contribution in [0.1, 0.15) is 5.56 Å². The molecule has 1 unspecified atom stereocenters. The summed E-state index contributed by atoms with van der Waals surface area (Å²) < 4.78 is 10.2. The Hall–Kier alpha value is -0.300. The van der Waals surface area contributed by atoms with E-state index in [9.17, 15) is 0 Å². The first kappa shape index (κ1) is 12.7. The minimum atomic E-state index is 0. The molecule has 13 heavy (non-hydrogen) atoms. The Morgan fingerprint density at radius 1 is 1.31 bits per heavy atom. The van der Waals surface area contributed by atoms with Crippen LogP contribution in [0.3, 0.4) is 0 Å². The van der Waals surface area contributed by atoms with E-state index in [4.69, 9.17) is 9.47 Å². The molecule has 1 rings (SSSR count). The zero-order valence-corrected chi connectivity index (χ0v) is 9.50. The van der Waals surface area contributed by atoms with Crippen molar-refractivity contribution in [2.24, 2.45) is 0 Å². The fourth-order valence-corrected chi connectivity index (χ4v) is 1.27. The first-order valence-electron chi connectivity index (χ1n) is 3.78. The number of ether oxygens (including phenoxy) is 2. The highest BCUT2D eigenvalue weighted by molar-refractivity contribution is 7.15. The van der Waals surface area contributed by atoms with Crippen LogP contribution in [0.15, 0.2) is 24.3 Å². The van der Waals surface area contributed by atoms with Crippen LogP contribution in [0, 0.1) is 0 Å². The third-order valence-electron chi connectivity index (χ3n) is 1.52. The number of hydrogen-bond acceptors (Lipinski definition) is 2. The number of para-hydroxylation sites is 1. The van der Waals surface area contributed by atoms with Crippen molar-refractivity contribution in [2.45, 2.75) is 6.16 Å². The molecule has 1 aromatic carbocycles. The highest BCUT2D eigenvalue weighted by Gasteiger charge is 1.98. The molecule has 1 aromatic rings. The molecule has 2 nitrogen and oxygen atoms in total. The zero-order chi connectivity index (χ0) is 8.81. The lowest BCUT2D eigenvalue weighted by Gasteiger charge is -2.08. The first-order chi connectivity index (χ1) is 5.88. The molecule has 4 heteroatoms. The van der Waals surface area contributed by atoms with Gasteiger partial charge in [-0.25, -0.2) is 0 Å². The molecule has 0 aliphatic rings. The van der Waals surface area contributed by atoms with Gasteiger partial charge in [0.1, 0.15) is 5.75 Å². The van der Waals surface area contributed by atoms with Crippen molar-refractivity contribution in [3.8, 4) is 5.75 Å². The van der Waals surface area contributed by atoms with Gasteiger partial charge in [0.2, 0.25) is 0 Å². The molecule has 0 saturated carbocycles. The normalized spacial score (nSPS) is 9.08. The molecule has 1 atom stereocenters. The molecule has 0 saturated heterocycles. The summed E-state index contributed by atoms with van der Waals surface area (Å²) in [7, 11) is 4.29. The molecule has 0 bridgehead atoms. The standard InChI is InChI=1S/C9H13O2P.ClH/c1-10-7-11-9-5-3-2-4-8(9)6-12;/h2-5H,6-7,12H2,1H3;1H. The van der Waals surface area contributed by atoms with Crippen LogP contribution in [0.2, 0.25) is 0 Å². The summed E-state index contributed by atoms with van der Waals surface area (Å²) in [6.07, 6.45) is 0.903. The Bertz CT molecular complexity index is 243. The van der Waals surface area contributed by atoms with Crippen molar-refractivity contribution in [2.75, 3.05) is 13.9 Å². The number of benzene rings is 1. The number of hydrogen-bond donors (Lipinski definition) is 0. The average Bonchev–Trinajstić information content (AvgIpc) is 2.15. The fraction of sp³-hybridized carbons (Fsp3) is 0.333. The quantitative estimate of drug-likeness (QED) is 0.573. The molecular weight excluding hydrogens is 207 g/mol. The highest BCUT2D eigenvalue weighted by atomic mass is 35.5. The van der Waals surface area contributed by atoms with Gasteiger partial charge in [0.05, 0.1) is 0 Å². The molecule has 0 spiro atoms. The lowest BCUT2D eigenvalue weighted by molar-refractivity contribution is 0.0506. The van der Waals surface area contributed by atoms with Gasteiger partial charge in [-0.15, -0.1) is 21.6 Å². The maximum absolute atomic E-state index is 5.34. The van der Waals surface area contributed by atoms with E-state index in [1.807, 2.05) is 24.3 Å². The maximum Gasteiger partial charge on any atom is 0.188 e. The van der Waals surface area contributed by atoms with E-state index < -0.39 is 0 Å². The van der Waals surface area contributed by atoms with Crippen molar-refractivity contribution < 1.29 is 9.47 Å². The van der Waals surface area contributed by atoms with Crippen molar-refractivity contribution in [1.29, 1.82) is 0 Å². The summed E-state index contributed by atoms with van der Waals surface area (Å²) >= 11 is 0. The molecular formula is C9H14ClO2P. The SMILES string of the molecule is COCOc1ccccc1CP.Cl. The summed E-state index contributed by atoms with van der Waals surface area (Å²) in [4.78, 5) is 0. The summed E-state index contributed by atoms with van der Waals surface area (Å²) in [5.41, 5.74) is 1.18. The van der Waals surface area contributed by atoms with Crippen LogP contribution in [0.4, 0.5) is 0 Å². The highest BCUT2D eigenvalue weighted by Crippen LogP contribution is 2.20. The molecule has 0 aliphatic carbocycles. The summed E-state index contributed by atoms with van der Waals surface area (Å²) in [5.74, 6) is 0.898. The second kappa shape index (κ2) is 7.14. The number of methoxy groups -OCH3 is 1. The lowest BCUT2D eigenvalue weighted by atomic mass is 10.2. The Balaban J connectivity index is 0.00000144. The van der Waals surface area contributed by atoms with Crippen LogP contribution in [0.5, 0.6) is 5.75 Å². The molecule has 0 N–H and O–H groups in total. The van der Waals surface area contributed by atoms with E-state index in [1.54, 1.807) is 7.11 Å². The molecule has 0 heterocycles. The summed E-state index contributed by atoms with van der Waals surface area (Å²) in [6, 6.07) is 7.93. The van der Waals surface area contributed by atoms with Crippen LogP contribution in [-0.2, 0) is 10.9 Å². The summed E-state index contributed by atoms with van der Waals surface area (Å²) in [5, 5.41) is 0. The van der Waals surface area contributed by atoms with Gasteiger partial charge >= 0.3 is 0 Å². The largest absolute Gasteiger partial charge is 0.467 e. The van der Waals surface area contributed by atoms with Crippen molar-refractivity contribution >= 4 is 21.6 Å². The first-order valence-corrected chi connectivity index (χ1v) is 4.60. The average molecular weight is 221 g/mol.